The van der Waals surface area contributed by atoms with Gasteiger partial charge in [-0.2, -0.15) is 0 Å². The number of piperidine rings is 1. The van der Waals surface area contributed by atoms with Crippen LogP contribution in [-0.4, -0.2) is 41.4 Å². The molecule has 1 aromatic rings. The molecule has 0 radical (unpaired) electrons. The molecule has 1 aromatic carbocycles. The molecule has 0 atom stereocenters. The molecule has 2 fully saturated rings. The Morgan fingerprint density at radius 2 is 1.96 bits per heavy atom. The maximum Gasteiger partial charge on any atom is 0.293 e. The van der Waals surface area contributed by atoms with Crippen LogP contribution in [0.1, 0.15) is 41.6 Å². The number of aryl methyl sites for hydroxylation is 1. The molecular formula is C17H25ClN4O3. The Morgan fingerprint density at radius 1 is 1.32 bits per heavy atom. The third-order valence-electron chi connectivity index (χ3n) is 4.90. The van der Waals surface area contributed by atoms with Crippen molar-refractivity contribution >= 4 is 29.7 Å². The molecule has 3 rings (SSSR count). The molecule has 0 spiro atoms. The van der Waals surface area contributed by atoms with Gasteiger partial charge in [0.05, 0.1) is 10.5 Å². The minimum Gasteiger partial charge on any atom is -0.393 e. The molecule has 0 unspecified atom stereocenters. The zero-order valence-electron chi connectivity index (χ0n) is 14.4. The smallest absolute Gasteiger partial charge is 0.293 e. The van der Waals surface area contributed by atoms with Crippen LogP contribution in [0.2, 0.25) is 0 Å². The molecule has 3 N–H and O–H groups in total. The lowest BCUT2D eigenvalue weighted by Crippen LogP contribution is -2.45. The first-order valence-corrected chi connectivity index (χ1v) is 8.53. The number of carbonyl (C=O) groups excluding carboxylic acids is 1. The van der Waals surface area contributed by atoms with Crippen LogP contribution in [0, 0.1) is 23.0 Å². The van der Waals surface area contributed by atoms with Crippen molar-refractivity contribution in [2.75, 3.05) is 25.4 Å². The molecule has 1 aliphatic carbocycles. The second-order valence-corrected chi connectivity index (χ2v) is 6.92. The maximum absolute atomic E-state index is 12.7. The second-order valence-electron chi connectivity index (χ2n) is 6.92. The number of nitrogens with zero attached hydrogens (tertiary/aromatic N) is 2. The Bertz CT molecular complexity index is 656. The minimum atomic E-state index is -0.535. The summed E-state index contributed by atoms with van der Waals surface area (Å²) in [6, 6.07) is 3.50. The van der Waals surface area contributed by atoms with Gasteiger partial charge in [0.1, 0.15) is 5.69 Å². The van der Waals surface area contributed by atoms with Gasteiger partial charge in [-0.1, -0.05) is 0 Å². The van der Waals surface area contributed by atoms with Gasteiger partial charge in [-0.25, -0.2) is 0 Å². The van der Waals surface area contributed by atoms with E-state index in [1.54, 1.807) is 17.9 Å². The largest absolute Gasteiger partial charge is 0.393 e. The number of nitrogens with two attached hydrogens (primary N) is 1. The van der Waals surface area contributed by atoms with Crippen molar-refractivity contribution in [3.63, 3.8) is 0 Å². The first-order valence-electron chi connectivity index (χ1n) is 8.53. The van der Waals surface area contributed by atoms with Gasteiger partial charge in [-0.15, -0.1) is 12.4 Å². The van der Waals surface area contributed by atoms with Crippen LogP contribution in [0.15, 0.2) is 12.1 Å². The van der Waals surface area contributed by atoms with E-state index in [4.69, 9.17) is 5.73 Å². The van der Waals surface area contributed by atoms with E-state index in [0.717, 1.165) is 25.3 Å². The summed E-state index contributed by atoms with van der Waals surface area (Å²) in [5, 5.41) is 14.7. The first kappa shape index (κ1) is 19.5. The number of nitro groups is 1. The van der Waals surface area contributed by atoms with Crippen LogP contribution in [0.3, 0.4) is 0 Å². The number of nitro benzene ring substituents is 1. The van der Waals surface area contributed by atoms with E-state index in [2.05, 4.69) is 5.32 Å². The van der Waals surface area contributed by atoms with Gasteiger partial charge in [0.15, 0.2) is 0 Å². The minimum absolute atomic E-state index is 0. The van der Waals surface area contributed by atoms with Crippen LogP contribution < -0.4 is 11.1 Å². The van der Waals surface area contributed by atoms with E-state index in [9.17, 15) is 14.9 Å². The van der Waals surface area contributed by atoms with Gasteiger partial charge in [0, 0.05) is 25.2 Å². The topological polar surface area (TPSA) is 102 Å². The van der Waals surface area contributed by atoms with E-state index in [1.807, 2.05) is 0 Å². The molecule has 1 saturated heterocycles. The van der Waals surface area contributed by atoms with E-state index in [1.165, 1.54) is 18.9 Å². The van der Waals surface area contributed by atoms with Crippen molar-refractivity contribution in [2.45, 2.75) is 38.6 Å². The molecule has 25 heavy (non-hydrogen) atoms. The summed E-state index contributed by atoms with van der Waals surface area (Å²) >= 11 is 0. The molecule has 2 aliphatic rings. The molecule has 1 aliphatic heterocycles. The van der Waals surface area contributed by atoms with Gasteiger partial charge in [0.25, 0.3) is 11.6 Å². The van der Waals surface area contributed by atoms with Crippen LogP contribution >= 0.6 is 12.4 Å². The summed E-state index contributed by atoms with van der Waals surface area (Å²) in [6.45, 7) is 4.12. The summed E-state index contributed by atoms with van der Waals surface area (Å²) < 4.78 is 0. The van der Waals surface area contributed by atoms with E-state index in [-0.39, 0.29) is 35.3 Å². The first-order chi connectivity index (χ1) is 11.5. The van der Waals surface area contributed by atoms with Crippen molar-refractivity contribution < 1.29 is 9.72 Å². The highest BCUT2D eigenvalue weighted by Gasteiger charge is 2.28. The third kappa shape index (κ3) is 4.61. The fourth-order valence-corrected chi connectivity index (χ4v) is 3.22. The number of likely N-dealkylation sites (tertiary alicyclic amines) is 1. The van der Waals surface area contributed by atoms with Crippen LogP contribution in [0.5, 0.6) is 0 Å². The van der Waals surface area contributed by atoms with Gasteiger partial charge >= 0.3 is 0 Å². The van der Waals surface area contributed by atoms with Crippen LogP contribution in [0.25, 0.3) is 0 Å². The monoisotopic (exact) mass is 368 g/mol. The molecule has 1 heterocycles. The van der Waals surface area contributed by atoms with Gasteiger partial charge in [-0.3, -0.25) is 14.9 Å². The number of nitrogens with one attached hydrogen (secondary N) is 1. The number of rotatable bonds is 5. The molecule has 8 heteroatoms. The van der Waals surface area contributed by atoms with Crippen molar-refractivity contribution in [2.24, 2.45) is 5.92 Å². The number of hydrogen-bond acceptors (Lipinski definition) is 5. The lowest BCUT2D eigenvalue weighted by atomic mass is 10.0. The van der Waals surface area contributed by atoms with Crippen molar-refractivity contribution in [1.29, 1.82) is 0 Å². The van der Waals surface area contributed by atoms with Gasteiger partial charge in [-0.05, 0) is 56.7 Å². The molecule has 1 amide bonds. The Labute approximate surface area is 153 Å². The molecular weight excluding hydrogens is 344 g/mol. The highest BCUT2D eigenvalue weighted by Crippen LogP contribution is 2.30. The van der Waals surface area contributed by atoms with E-state index >= 15 is 0 Å². The predicted octanol–water partition coefficient (Wildman–Crippen LogP) is 2.51. The highest BCUT2D eigenvalue weighted by molar-refractivity contribution is 6.01. The zero-order valence-corrected chi connectivity index (χ0v) is 15.2. The predicted molar refractivity (Wildman–Crippen MR) is 99.1 cm³/mol. The fourth-order valence-electron chi connectivity index (χ4n) is 3.22. The van der Waals surface area contributed by atoms with Crippen LogP contribution in [-0.2, 0) is 0 Å². The number of amides is 1. The molecule has 7 nitrogen and oxygen atoms in total. The van der Waals surface area contributed by atoms with Gasteiger partial charge < -0.3 is 16.0 Å². The standard InChI is InChI=1S/C17H24N4O3.ClH/c1-11-8-14(16(18)15(9-11)21(23)24)17(22)20-6-4-13(5-7-20)19-10-12-2-3-12;/h8-9,12-13,19H,2-7,10,18H2,1H3;1H. The molecule has 138 valence electrons. The summed E-state index contributed by atoms with van der Waals surface area (Å²) in [6.07, 6.45) is 4.48. The third-order valence-corrected chi connectivity index (χ3v) is 4.90. The van der Waals surface area contributed by atoms with Crippen molar-refractivity contribution in [1.82, 2.24) is 10.2 Å². The average Bonchev–Trinajstić information content (AvgIpc) is 3.38. The summed E-state index contributed by atoms with van der Waals surface area (Å²) in [7, 11) is 0. The summed E-state index contributed by atoms with van der Waals surface area (Å²) in [5.74, 6) is 0.636. The number of benzene rings is 1. The summed E-state index contributed by atoms with van der Waals surface area (Å²) in [4.78, 5) is 25.0. The average molecular weight is 369 g/mol. The lowest BCUT2D eigenvalue weighted by molar-refractivity contribution is -0.384. The Hall–Kier alpha value is -1.86. The van der Waals surface area contributed by atoms with Crippen molar-refractivity contribution in [3.8, 4) is 0 Å². The molecule has 1 saturated carbocycles. The molecule has 0 bridgehead atoms. The van der Waals surface area contributed by atoms with Crippen LogP contribution in [0.4, 0.5) is 11.4 Å². The van der Waals surface area contributed by atoms with Crippen molar-refractivity contribution in [3.05, 3.63) is 33.4 Å². The number of nitrogen functional groups attached to an aromatic ring is 1. The Kier molecular flexibility index (Phi) is 6.24. The SMILES string of the molecule is Cc1cc(C(=O)N2CCC(NCC3CC3)CC2)c(N)c([N+](=O)[O-])c1.Cl. The zero-order chi connectivity index (χ0) is 17.3. The molecule has 0 aromatic heterocycles. The summed E-state index contributed by atoms with van der Waals surface area (Å²) in [5.41, 5.74) is 6.55. The second kappa shape index (κ2) is 8.01. The number of hydrogen-bond donors (Lipinski definition) is 2. The quantitative estimate of drug-likeness (QED) is 0.472. The highest BCUT2D eigenvalue weighted by atomic mass is 35.5. The lowest BCUT2D eigenvalue weighted by Gasteiger charge is -2.33. The van der Waals surface area contributed by atoms with Gasteiger partial charge in [0.2, 0.25) is 0 Å². The maximum atomic E-state index is 12.7. The number of carbonyl (C=O) groups is 1. The normalized spacial score (nSPS) is 17.9. The van der Waals surface area contributed by atoms with E-state index in [0.29, 0.717) is 24.7 Å². The number of halogens is 1. The number of anilines is 1. The Morgan fingerprint density at radius 3 is 2.52 bits per heavy atom. The fraction of sp³-hybridized carbons (Fsp3) is 0.588. The Balaban J connectivity index is 0.00000225. The van der Waals surface area contributed by atoms with E-state index < -0.39 is 4.92 Å².